The van der Waals surface area contributed by atoms with Crippen molar-refractivity contribution in [3.63, 3.8) is 0 Å². The third-order valence-electron chi connectivity index (χ3n) is 7.05. The number of rotatable bonds is 8. The van der Waals surface area contributed by atoms with E-state index in [4.69, 9.17) is 0 Å². The molecule has 1 aliphatic carbocycles. The Morgan fingerprint density at radius 1 is 0.655 bits per heavy atom. The molecule has 0 amide bonds. The number of aryl methyl sites for hydroxylation is 2. The lowest BCUT2D eigenvalue weighted by Gasteiger charge is -2.34. The van der Waals surface area contributed by atoms with E-state index in [9.17, 15) is 0 Å². The van der Waals surface area contributed by atoms with Crippen molar-refractivity contribution < 1.29 is 0 Å². The Hall–Kier alpha value is -2.08. The Bertz CT molecular complexity index is 998. The number of hydrogen-bond donors (Lipinski definition) is 0. The second kappa shape index (κ2) is 8.34. The molecule has 0 aromatic heterocycles. The quantitative estimate of drug-likeness (QED) is 0.340. The fourth-order valence-electron chi connectivity index (χ4n) is 5.61. The lowest BCUT2D eigenvalue weighted by Crippen LogP contribution is -2.26. The van der Waals surface area contributed by atoms with E-state index in [1.165, 1.54) is 84.4 Å². The number of fused-ring (bicyclic) bond motifs is 5. The summed E-state index contributed by atoms with van der Waals surface area (Å²) in [4.78, 5) is 0. The van der Waals surface area contributed by atoms with Crippen LogP contribution in [0.3, 0.4) is 0 Å². The van der Waals surface area contributed by atoms with Gasteiger partial charge in [-0.1, -0.05) is 112 Å². The molecule has 0 heteroatoms. The summed E-state index contributed by atoms with van der Waals surface area (Å²) in [7, 11) is 0. The fraction of sp³-hybridized carbons (Fsp3) is 0.448. The molecule has 0 unspecified atom stereocenters. The molecule has 0 bridgehead atoms. The minimum atomic E-state index is 0.176. The molecule has 0 atom stereocenters. The summed E-state index contributed by atoms with van der Waals surface area (Å²) in [5.74, 6) is 0. The SMILES string of the molecule is CCCCCC1(CCCCC)c2cc(C)ccc2-c2ccc3cc(C)ccc3c21. The van der Waals surface area contributed by atoms with E-state index in [0.29, 0.717) is 0 Å². The van der Waals surface area contributed by atoms with Crippen molar-refractivity contribution in [3.05, 3.63) is 70.8 Å². The van der Waals surface area contributed by atoms with Crippen molar-refractivity contribution >= 4 is 10.8 Å². The molecule has 152 valence electrons. The van der Waals surface area contributed by atoms with Gasteiger partial charge in [0, 0.05) is 5.41 Å². The molecule has 0 aliphatic heterocycles. The molecular formula is C29H36. The summed E-state index contributed by atoms with van der Waals surface area (Å²) in [6.07, 6.45) is 10.4. The van der Waals surface area contributed by atoms with Crippen molar-refractivity contribution in [2.24, 2.45) is 0 Å². The van der Waals surface area contributed by atoms with Crippen LogP contribution in [0.2, 0.25) is 0 Å². The van der Waals surface area contributed by atoms with E-state index >= 15 is 0 Å². The van der Waals surface area contributed by atoms with Gasteiger partial charge in [-0.3, -0.25) is 0 Å². The van der Waals surface area contributed by atoms with E-state index in [1.54, 1.807) is 11.1 Å². The minimum absolute atomic E-state index is 0.176. The second-order valence-corrected chi connectivity index (χ2v) is 9.26. The molecular weight excluding hydrogens is 348 g/mol. The van der Waals surface area contributed by atoms with Crippen LogP contribution in [0, 0.1) is 13.8 Å². The van der Waals surface area contributed by atoms with Gasteiger partial charge in [0.1, 0.15) is 0 Å². The Morgan fingerprint density at radius 3 is 1.97 bits per heavy atom. The highest BCUT2D eigenvalue weighted by molar-refractivity contribution is 5.98. The van der Waals surface area contributed by atoms with Gasteiger partial charge in [0.25, 0.3) is 0 Å². The first-order valence-electron chi connectivity index (χ1n) is 11.8. The highest BCUT2D eigenvalue weighted by Crippen LogP contribution is 2.56. The highest BCUT2D eigenvalue weighted by Gasteiger charge is 2.43. The molecule has 3 aromatic rings. The van der Waals surface area contributed by atoms with Gasteiger partial charge in [0.15, 0.2) is 0 Å². The van der Waals surface area contributed by atoms with Crippen LogP contribution in [-0.2, 0) is 5.41 Å². The molecule has 0 fully saturated rings. The molecule has 0 heterocycles. The molecule has 0 nitrogen and oxygen atoms in total. The summed E-state index contributed by atoms with van der Waals surface area (Å²) < 4.78 is 0. The van der Waals surface area contributed by atoms with Crippen LogP contribution in [0.1, 0.15) is 87.5 Å². The largest absolute Gasteiger partial charge is 0.0654 e. The fourth-order valence-corrected chi connectivity index (χ4v) is 5.61. The zero-order chi connectivity index (χ0) is 20.4. The third-order valence-corrected chi connectivity index (χ3v) is 7.05. The number of benzene rings is 3. The van der Waals surface area contributed by atoms with Crippen LogP contribution in [0.25, 0.3) is 21.9 Å². The lowest BCUT2D eigenvalue weighted by molar-refractivity contribution is 0.407. The molecule has 4 rings (SSSR count). The molecule has 29 heavy (non-hydrogen) atoms. The third kappa shape index (κ3) is 3.52. The second-order valence-electron chi connectivity index (χ2n) is 9.26. The van der Waals surface area contributed by atoms with Gasteiger partial charge in [0.2, 0.25) is 0 Å². The van der Waals surface area contributed by atoms with Crippen molar-refractivity contribution in [1.82, 2.24) is 0 Å². The Balaban J connectivity index is 1.98. The average molecular weight is 385 g/mol. The first-order chi connectivity index (χ1) is 14.1. The van der Waals surface area contributed by atoms with Crippen LogP contribution in [0.5, 0.6) is 0 Å². The number of hydrogen-bond acceptors (Lipinski definition) is 0. The Morgan fingerprint density at radius 2 is 1.28 bits per heavy atom. The van der Waals surface area contributed by atoms with Gasteiger partial charge in [-0.15, -0.1) is 0 Å². The molecule has 0 spiro atoms. The first kappa shape index (κ1) is 20.2. The zero-order valence-electron chi connectivity index (χ0n) is 18.8. The summed E-state index contributed by atoms with van der Waals surface area (Å²) >= 11 is 0. The maximum absolute atomic E-state index is 2.51. The molecule has 1 aliphatic rings. The van der Waals surface area contributed by atoms with Gasteiger partial charge in [0.05, 0.1) is 0 Å². The standard InChI is InChI=1S/C29H36/c1-5-7-9-17-29(18-10-8-6-2)27-20-22(4)12-15-25(27)26-16-13-23-19-21(3)11-14-24(23)28(26)29/h11-16,19-20H,5-10,17-18H2,1-4H3. The average Bonchev–Trinajstić information content (AvgIpc) is 2.98. The molecule has 0 radical (unpaired) electrons. The maximum Gasteiger partial charge on any atom is 0.0221 e. The summed E-state index contributed by atoms with van der Waals surface area (Å²) in [6.45, 7) is 9.11. The topological polar surface area (TPSA) is 0 Å². The van der Waals surface area contributed by atoms with Gasteiger partial charge in [-0.05, 0) is 59.7 Å². The normalized spacial score (nSPS) is 14.2. The smallest absolute Gasteiger partial charge is 0.0221 e. The van der Waals surface area contributed by atoms with E-state index in [0.717, 1.165) is 0 Å². The summed E-state index contributed by atoms with van der Waals surface area (Å²) in [6, 6.07) is 19.0. The van der Waals surface area contributed by atoms with E-state index < -0.39 is 0 Å². The van der Waals surface area contributed by atoms with Crippen LogP contribution >= 0.6 is 0 Å². The van der Waals surface area contributed by atoms with Gasteiger partial charge >= 0.3 is 0 Å². The van der Waals surface area contributed by atoms with Crippen LogP contribution in [0.4, 0.5) is 0 Å². The lowest BCUT2D eigenvalue weighted by atomic mass is 9.69. The zero-order valence-corrected chi connectivity index (χ0v) is 18.8. The number of unbranched alkanes of at least 4 members (excludes halogenated alkanes) is 4. The minimum Gasteiger partial charge on any atom is -0.0654 e. The van der Waals surface area contributed by atoms with Gasteiger partial charge < -0.3 is 0 Å². The molecule has 0 N–H and O–H groups in total. The predicted octanol–water partition coefficient (Wildman–Crippen LogP) is 8.88. The Labute approximate surface area is 177 Å². The highest BCUT2D eigenvalue weighted by atomic mass is 14.5. The predicted molar refractivity (Wildman–Crippen MR) is 128 cm³/mol. The molecule has 0 saturated heterocycles. The van der Waals surface area contributed by atoms with Crippen molar-refractivity contribution in [2.75, 3.05) is 0 Å². The Kier molecular flexibility index (Phi) is 5.81. The van der Waals surface area contributed by atoms with Crippen molar-refractivity contribution in [1.29, 1.82) is 0 Å². The van der Waals surface area contributed by atoms with Crippen LogP contribution in [-0.4, -0.2) is 0 Å². The van der Waals surface area contributed by atoms with Gasteiger partial charge in [-0.2, -0.15) is 0 Å². The van der Waals surface area contributed by atoms with Crippen molar-refractivity contribution in [2.45, 2.75) is 84.5 Å². The molecule has 3 aromatic carbocycles. The summed E-state index contributed by atoms with van der Waals surface area (Å²) in [5.41, 5.74) is 9.13. The first-order valence-corrected chi connectivity index (χ1v) is 11.8. The van der Waals surface area contributed by atoms with Crippen LogP contribution in [0.15, 0.2) is 48.5 Å². The maximum atomic E-state index is 2.51. The monoisotopic (exact) mass is 384 g/mol. The summed E-state index contributed by atoms with van der Waals surface area (Å²) in [5, 5.41) is 2.89. The van der Waals surface area contributed by atoms with Crippen LogP contribution < -0.4 is 0 Å². The van der Waals surface area contributed by atoms with E-state index in [2.05, 4.69) is 76.2 Å². The molecule has 0 saturated carbocycles. The van der Waals surface area contributed by atoms with Gasteiger partial charge in [-0.25, -0.2) is 0 Å². The van der Waals surface area contributed by atoms with E-state index in [-0.39, 0.29) is 5.41 Å². The van der Waals surface area contributed by atoms with Crippen molar-refractivity contribution in [3.8, 4) is 11.1 Å². The van der Waals surface area contributed by atoms with E-state index in [1.807, 2.05) is 0 Å².